The lowest BCUT2D eigenvalue weighted by molar-refractivity contribution is -0.139. The Balaban J connectivity index is 1.01. The first-order valence-corrected chi connectivity index (χ1v) is 18.5. The lowest BCUT2D eigenvalue weighted by Gasteiger charge is -2.20. The van der Waals surface area contributed by atoms with Gasteiger partial charge in [-0.25, -0.2) is 36.6 Å². The molecule has 282 valence electrons. The number of anilines is 1. The number of aliphatic carboxylic acids is 1. The Morgan fingerprint density at radius 2 is 1.64 bits per heavy atom. The van der Waals surface area contributed by atoms with Crippen LogP contribution in [0.1, 0.15) is 40.5 Å². The van der Waals surface area contributed by atoms with E-state index in [2.05, 4.69) is 20.3 Å². The summed E-state index contributed by atoms with van der Waals surface area (Å²) in [6.45, 7) is 1.30. The van der Waals surface area contributed by atoms with Crippen LogP contribution in [-0.2, 0) is 33.0 Å². The van der Waals surface area contributed by atoms with Crippen LogP contribution in [0.4, 0.5) is 14.5 Å². The quantitative estimate of drug-likeness (QED) is 0.168. The fourth-order valence-electron chi connectivity index (χ4n) is 6.40. The van der Waals surface area contributed by atoms with Crippen LogP contribution in [0.15, 0.2) is 101 Å². The van der Waals surface area contributed by atoms with Crippen LogP contribution in [-0.4, -0.2) is 69.0 Å². The van der Waals surface area contributed by atoms with Crippen molar-refractivity contribution in [3.63, 3.8) is 0 Å². The molecule has 6 aromatic rings. The van der Waals surface area contributed by atoms with Crippen molar-refractivity contribution in [2.24, 2.45) is 7.05 Å². The van der Waals surface area contributed by atoms with Gasteiger partial charge in [0.1, 0.15) is 23.5 Å². The predicted molar refractivity (Wildman–Crippen MR) is 196 cm³/mol. The zero-order chi connectivity index (χ0) is 38.9. The maximum Gasteiger partial charge on any atom is 0.326 e. The van der Waals surface area contributed by atoms with E-state index in [0.29, 0.717) is 64.5 Å². The number of carbonyl (C=O) groups is 2. The van der Waals surface area contributed by atoms with Crippen molar-refractivity contribution >= 4 is 38.5 Å². The van der Waals surface area contributed by atoms with Gasteiger partial charge in [0, 0.05) is 62.8 Å². The first-order valence-electron chi connectivity index (χ1n) is 17.1. The summed E-state index contributed by atoms with van der Waals surface area (Å²) in [5, 5.41) is 12.5. The Morgan fingerprint density at radius 1 is 0.945 bits per heavy atom. The van der Waals surface area contributed by atoms with E-state index in [0.717, 1.165) is 12.8 Å². The van der Waals surface area contributed by atoms with Crippen LogP contribution < -0.4 is 15.6 Å². The monoisotopic (exact) mass is 769 g/mol. The Bertz CT molecular complexity index is 2570. The molecule has 1 fully saturated rings. The van der Waals surface area contributed by atoms with Crippen LogP contribution in [0.2, 0.25) is 0 Å². The summed E-state index contributed by atoms with van der Waals surface area (Å²) in [6, 6.07) is 13.1. The van der Waals surface area contributed by atoms with Crippen molar-refractivity contribution in [2.45, 2.75) is 36.1 Å². The fourth-order valence-corrected chi connectivity index (χ4v) is 7.46. The molecule has 55 heavy (non-hydrogen) atoms. The van der Waals surface area contributed by atoms with E-state index in [4.69, 9.17) is 4.74 Å². The number of aryl methyl sites for hydroxylation is 1. The molecule has 4 heterocycles. The number of pyridine rings is 1. The highest BCUT2D eigenvalue weighted by Gasteiger charge is 2.26. The second kappa shape index (κ2) is 15.2. The van der Waals surface area contributed by atoms with Gasteiger partial charge in [-0.3, -0.25) is 24.0 Å². The molecule has 3 aromatic carbocycles. The number of carbonyl (C=O) groups excluding carboxylic acids is 1. The molecule has 7 rings (SSSR count). The minimum Gasteiger partial charge on any atom is -0.480 e. The second-order valence-corrected chi connectivity index (χ2v) is 14.6. The van der Waals surface area contributed by atoms with Gasteiger partial charge in [0.15, 0.2) is 0 Å². The van der Waals surface area contributed by atoms with E-state index in [1.807, 2.05) is 4.72 Å². The summed E-state index contributed by atoms with van der Waals surface area (Å²) < 4.78 is 67.1. The number of nitrogens with one attached hydrogen (secondary N) is 2. The third-order valence-electron chi connectivity index (χ3n) is 9.40. The standard InChI is InChI=1S/C38H33F2N7O7S/c1-46-34-21-41-13-10-28(34)37(49)47(46)26-6-2-22(3-7-26)16-33(38(50)51)44-36(48)29-17-31(40)32(18-30(29)39)45-55(52,53)27-8-4-23(5-9-27)25-19-42-35(43-20-25)24-11-14-54-15-12-24/h2-10,13,17-21,24,33,45H,11-12,14-16H2,1H3,(H,44,48)(H,50,51)/t33-/m0/s1. The SMILES string of the molecule is Cn1c2cnccc2c(=O)n1-c1ccc(C[C@H](NC(=O)c2cc(F)c(NS(=O)(=O)c3ccc(-c4cnc(C5CCOCC5)nc4)cc3)cc2F)C(=O)O)cc1. The molecular formula is C38H33F2N7O7S. The van der Waals surface area contributed by atoms with Crippen LogP contribution in [0.3, 0.4) is 0 Å². The van der Waals surface area contributed by atoms with Gasteiger partial charge >= 0.3 is 5.97 Å². The van der Waals surface area contributed by atoms with Gasteiger partial charge in [0.2, 0.25) is 0 Å². The minimum absolute atomic E-state index is 0.211. The molecule has 14 nitrogen and oxygen atoms in total. The third kappa shape index (κ3) is 7.70. The molecule has 1 aliphatic heterocycles. The summed E-state index contributed by atoms with van der Waals surface area (Å²) >= 11 is 0. The average Bonchev–Trinajstić information content (AvgIpc) is 3.45. The molecule has 1 saturated heterocycles. The summed E-state index contributed by atoms with van der Waals surface area (Å²) in [5.74, 6) is -4.30. The molecular weight excluding hydrogens is 737 g/mol. The van der Waals surface area contributed by atoms with Crippen molar-refractivity contribution in [1.82, 2.24) is 29.6 Å². The van der Waals surface area contributed by atoms with E-state index < -0.39 is 50.8 Å². The number of nitrogens with zero attached hydrogens (tertiary/aromatic N) is 5. The highest BCUT2D eigenvalue weighted by atomic mass is 32.2. The molecule has 3 N–H and O–H groups in total. The molecule has 1 aliphatic rings. The number of hydrogen-bond donors (Lipinski definition) is 3. The normalized spacial score (nSPS) is 14.1. The number of carboxylic acid groups (broad SMARTS) is 1. The van der Waals surface area contributed by atoms with Crippen LogP contribution in [0.5, 0.6) is 0 Å². The van der Waals surface area contributed by atoms with Gasteiger partial charge in [-0.15, -0.1) is 0 Å². The van der Waals surface area contributed by atoms with E-state index in [-0.39, 0.29) is 22.8 Å². The topological polar surface area (TPSA) is 187 Å². The molecule has 0 radical (unpaired) electrons. The molecule has 0 saturated carbocycles. The molecule has 1 amide bonds. The Kier molecular flexibility index (Phi) is 10.2. The van der Waals surface area contributed by atoms with Gasteiger partial charge in [-0.1, -0.05) is 24.3 Å². The summed E-state index contributed by atoms with van der Waals surface area (Å²) in [5.41, 5.74) is 1.01. The molecule has 0 spiro atoms. The predicted octanol–water partition coefficient (Wildman–Crippen LogP) is 4.58. The van der Waals surface area contributed by atoms with Crippen LogP contribution in [0.25, 0.3) is 27.7 Å². The van der Waals surface area contributed by atoms with Crippen molar-refractivity contribution in [2.75, 3.05) is 17.9 Å². The van der Waals surface area contributed by atoms with E-state index in [1.54, 1.807) is 60.7 Å². The maximum absolute atomic E-state index is 15.2. The molecule has 0 unspecified atom stereocenters. The zero-order valence-corrected chi connectivity index (χ0v) is 30.0. The smallest absolute Gasteiger partial charge is 0.326 e. The highest BCUT2D eigenvalue weighted by molar-refractivity contribution is 7.92. The summed E-state index contributed by atoms with van der Waals surface area (Å²) in [4.78, 5) is 50.8. The first-order chi connectivity index (χ1) is 26.4. The molecule has 3 aromatic heterocycles. The number of amides is 1. The van der Waals surface area contributed by atoms with Gasteiger partial charge < -0.3 is 15.2 Å². The summed E-state index contributed by atoms with van der Waals surface area (Å²) in [7, 11) is -2.71. The Hall–Kier alpha value is -6.33. The van der Waals surface area contributed by atoms with Crippen molar-refractivity contribution in [3.8, 4) is 16.8 Å². The van der Waals surface area contributed by atoms with E-state index in [1.165, 1.54) is 35.1 Å². The zero-order valence-electron chi connectivity index (χ0n) is 29.1. The number of hydrogen-bond acceptors (Lipinski definition) is 9. The number of carboxylic acids is 1. The average molecular weight is 770 g/mol. The van der Waals surface area contributed by atoms with Gasteiger partial charge in [-0.05, 0) is 60.4 Å². The number of sulfonamides is 1. The van der Waals surface area contributed by atoms with Gasteiger partial charge in [0.25, 0.3) is 21.5 Å². The largest absolute Gasteiger partial charge is 0.480 e. The number of benzene rings is 3. The number of halogens is 2. The van der Waals surface area contributed by atoms with Crippen LogP contribution in [0, 0.1) is 11.6 Å². The molecule has 1 atom stereocenters. The lowest BCUT2D eigenvalue weighted by atomic mass is 9.99. The van der Waals surface area contributed by atoms with E-state index in [9.17, 15) is 27.9 Å². The van der Waals surface area contributed by atoms with Crippen molar-refractivity contribution in [1.29, 1.82) is 0 Å². The van der Waals surface area contributed by atoms with Gasteiger partial charge in [0.05, 0.1) is 38.9 Å². The Labute approximate surface area is 312 Å². The third-order valence-corrected chi connectivity index (χ3v) is 10.8. The van der Waals surface area contributed by atoms with Crippen molar-refractivity contribution in [3.05, 3.63) is 130 Å². The van der Waals surface area contributed by atoms with Crippen LogP contribution >= 0.6 is 0 Å². The summed E-state index contributed by atoms with van der Waals surface area (Å²) in [6.07, 6.45) is 7.82. The number of aromatic nitrogens is 5. The van der Waals surface area contributed by atoms with Gasteiger partial charge in [-0.2, -0.15) is 0 Å². The number of fused-ring (bicyclic) bond motifs is 1. The van der Waals surface area contributed by atoms with E-state index >= 15 is 8.78 Å². The molecule has 17 heteroatoms. The van der Waals surface area contributed by atoms with Crippen molar-refractivity contribution < 1.29 is 36.6 Å². The number of ether oxygens (including phenoxy) is 1. The molecule has 0 bridgehead atoms. The first kappa shape index (κ1) is 37.0. The second-order valence-electron chi connectivity index (χ2n) is 12.9. The number of rotatable bonds is 11. The molecule has 0 aliphatic carbocycles. The minimum atomic E-state index is -4.40. The maximum atomic E-state index is 15.2. The highest BCUT2D eigenvalue weighted by Crippen LogP contribution is 2.27. The lowest BCUT2D eigenvalue weighted by Crippen LogP contribution is -2.42. The Morgan fingerprint density at radius 3 is 2.29 bits per heavy atom. The fraction of sp³-hybridized carbons (Fsp3) is 0.211.